The van der Waals surface area contributed by atoms with Crippen molar-refractivity contribution >= 4 is 29.1 Å². The number of hydrogen-bond acceptors (Lipinski definition) is 4. The first-order valence-electron chi connectivity index (χ1n) is 7.10. The predicted molar refractivity (Wildman–Crippen MR) is 85.0 cm³/mol. The molecule has 1 aromatic carbocycles. The average Bonchev–Trinajstić information content (AvgIpc) is 2.95. The molecule has 1 fully saturated rings. The molecule has 0 saturated carbocycles. The molecule has 0 radical (unpaired) electrons. The highest BCUT2D eigenvalue weighted by Crippen LogP contribution is 2.24. The summed E-state index contributed by atoms with van der Waals surface area (Å²) in [7, 11) is 3.30. The fraction of sp³-hybridized carbons (Fsp3) is 0.467. The van der Waals surface area contributed by atoms with Gasteiger partial charge in [-0.1, -0.05) is 11.6 Å². The molecule has 2 atom stereocenters. The highest BCUT2D eigenvalue weighted by Gasteiger charge is 2.29. The SMILES string of the molecule is CN(C)C(=O)c1ccc(NC(=O)[C@@H]2CC[C@H](CN)O2)cc1Cl. The number of amides is 2. The summed E-state index contributed by atoms with van der Waals surface area (Å²) in [5.41, 5.74) is 6.45. The topological polar surface area (TPSA) is 84.7 Å². The minimum atomic E-state index is -0.490. The molecule has 0 aromatic heterocycles. The molecule has 0 aliphatic carbocycles. The normalized spacial score (nSPS) is 20.7. The van der Waals surface area contributed by atoms with Crippen molar-refractivity contribution in [1.82, 2.24) is 4.90 Å². The second-order valence-corrected chi connectivity index (χ2v) is 5.85. The average molecular weight is 326 g/mol. The van der Waals surface area contributed by atoms with Crippen molar-refractivity contribution in [3.63, 3.8) is 0 Å². The van der Waals surface area contributed by atoms with Crippen molar-refractivity contribution in [3.05, 3.63) is 28.8 Å². The molecule has 6 nitrogen and oxygen atoms in total. The van der Waals surface area contributed by atoms with Crippen LogP contribution in [0.1, 0.15) is 23.2 Å². The number of carbonyl (C=O) groups is 2. The number of rotatable bonds is 4. The zero-order chi connectivity index (χ0) is 16.3. The van der Waals surface area contributed by atoms with Gasteiger partial charge in [-0.05, 0) is 31.0 Å². The summed E-state index contributed by atoms with van der Waals surface area (Å²) >= 11 is 6.11. The minimum absolute atomic E-state index is 0.0561. The van der Waals surface area contributed by atoms with Gasteiger partial charge in [0.05, 0.1) is 16.7 Å². The quantitative estimate of drug-likeness (QED) is 0.878. The molecule has 1 aromatic rings. The number of benzene rings is 1. The standard InChI is InChI=1S/C15H20ClN3O3/c1-19(2)15(21)11-5-3-9(7-12(11)16)18-14(20)13-6-4-10(8-17)22-13/h3,5,7,10,13H,4,6,8,17H2,1-2H3,(H,18,20)/t10-,13+/m1/s1. The van der Waals surface area contributed by atoms with E-state index >= 15 is 0 Å². The van der Waals surface area contributed by atoms with E-state index in [1.807, 2.05) is 0 Å². The van der Waals surface area contributed by atoms with E-state index < -0.39 is 6.10 Å². The number of carbonyl (C=O) groups excluding carboxylic acids is 2. The van der Waals surface area contributed by atoms with Gasteiger partial charge < -0.3 is 20.7 Å². The lowest BCUT2D eigenvalue weighted by atomic mass is 10.1. The zero-order valence-electron chi connectivity index (χ0n) is 12.6. The Bertz CT molecular complexity index is 577. The van der Waals surface area contributed by atoms with Gasteiger partial charge in [-0.15, -0.1) is 0 Å². The van der Waals surface area contributed by atoms with E-state index in [9.17, 15) is 9.59 Å². The third-order valence-electron chi connectivity index (χ3n) is 3.54. The number of ether oxygens (including phenoxy) is 1. The molecular formula is C15H20ClN3O3. The van der Waals surface area contributed by atoms with Crippen LogP contribution in [0.2, 0.25) is 5.02 Å². The lowest BCUT2D eigenvalue weighted by Gasteiger charge is -2.15. The fourth-order valence-electron chi connectivity index (χ4n) is 2.30. The number of nitrogens with one attached hydrogen (secondary N) is 1. The number of nitrogens with zero attached hydrogens (tertiary/aromatic N) is 1. The van der Waals surface area contributed by atoms with Crippen molar-refractivity contribution in [2.24, 2.45) is 5.73 Å². The summed E-state index contributed by atoms with van der Waals surface area (Å²) in [6.45, 7) is 0.414. The summed E-state index contributed by atoms with van der Waals surface area (Å²) in [6.07, 6.45) is 0.888. The number of anilines is 1. The van der Waals surface area contributed by atoms with Gasteiger partial charge in [-0.25, -0.2) is 0 Å². The van der Waals surface area contributed by atoms with Crippen LogP contribution in [-0.4, -0.2) is 49.6 Å². The lowest BCUT2D eigenvalue weighted by Crippen LogP contribution is -2.29. The first-order valence-corrected chi connectivity index (χ1v) is 7.47. The number of nitrogens with two attached hydrogens (primary N) is 1. The first kappa shape index (κ1) is 16.7. The maximum absolute atomic E-state index is 12.1. The molecule has 2 rings (SSSR count). The zero-order valence-corrected chi connectivity index (χ0v) is 13.4. The van der Waals surface area contributed by atoms with Crippen LogP contribution in [0, 0.1) is 0 Å². The van der Waals surface area contributed by atoms with E-state index in [1.54, 1.807) is 32.3 Å². The van der Waals surface area contributed by atoms with Crippen LogP contribution in [0.3, 0.4) is 0 Å². The van der Waals surface area contributed by atoms with Gasteiger partial charge >= 0.3 is 0 Å². The molecular weight excluding hydrogens is 306 g/mol. The summed E-state index contributed by atoms with van der Waals surface area (Å²) in [5.74, 6) is -0.411. The van der Waals surface area contributed by atoms with E-state index in [0.29, 0.717) is 29.2 Å². The Morgan fingerprint density at radius 1 is 1.41 bits per heavy atom. The van der Waals surface area contributed by atoms with Gasteiger partial charge in [0, 0.05) is 26.3 Å². The highest BCUT2D eigenvalue weighted by molar-refractivity contribution is 6.34. The molecule has 0 spiro atoms. The van der Waals surface area contributed by atoms with Crippen LogP contribution >= 0.6 is 11.6 Å². The maximum atomic E-state index is 12.1. The Balaban J connectivity index is 2.03. The van der Waals surface area contributed by atoms with Crippen LogP contribution in [-0.2, 0) is 9.53 Å². The number of hydrogen-bond donors (Lipinski definition) is 2. The monoisotopic (exact) mass is 325 g/mol. The van der Waals surface area contributed by atoms with Gasteiger partial charge in [0.15, 0.2) is 0 Å². The molecule has 1 aliphatic rings. The van der Waals surface area contributed by atoms with Crippen molar-refractivity contribution in [3.8, 4) is 0 Å². The van der Waals surface area contributed by atoms with Crippen LogP contribution < -0.4 is 11.1 Å². The molecule has 2 amide bonds. The molecule has 22 heavy (non-hydrogen) atoms. The van der Waals surface area contributed by atoms with Crippen LogP contribution in [0.4, 0.5) is 5.69 Å². The van der Waals surface area contributed by atoms with E-state index in [-0.39, 0.29) is 17.9 Å². The van der Waals surface area contributed by atoms with Gasteiger partial charge in [0.1, 0.15) is 6.10 Å². The summed E-state index contributed by atoms with van der Waals surface area (Å²) < 4.78 is 5.54. The molecule has 3 N–H and O–H groups in total. The smallest absolute Gasteiger partial charge is 0.254 e. The summed E-state index contributed by atoms with van der Waals surface area (Å²) in [4.78, 5) is 25.5. The summed E-state index contributed by atoms with van der Waals surface area (Å²) in [6, 6.07) is 4.81. The largest absolute Gasteiger partial charge is 0.364 e. The Kier molecular flexibility index (Phi) is 5.39. The Labute approximate surface area is 134 Å². The van der Waals surface area contributed by atoms with E-state index in [1.165, 1.54) is 4.90 Å². The fourth-order valence-corrected chi connectivity index (χ4v) is 2.56. The molecule has 120 valence electrons. The van der Waals surface area contributed by atoms with Gasteiger partial charge in [0.25, 0.3) is 11.8 Å². The Hall–Kier alpha value is -1.63. The Morgan fingerprint density at radius 3 is 2.68 bits per heavy atom. The van der Waals surface area contributed by atoms with Gasteiger partial charge in [-0.2, -0.15) is 0 Å². The van der Waals surface area contributed by atoms with Crippen molar-refractivity contribution in [2.45, 2.75) is 25.0 Å². The molecule has 1 aliphatic heterocycles. The number of halogens is 1. The van der Waals surface area contributed by atoms with E-state index in [0.717, 1.165) is 6.42 Å². The van der Waals surface area contributed by atoms with Gasteiger partial charge in [0.2, 0.25) is 0 Å². The molecule has 1 heterocycles. The molecule has 0 bridgehead atoms. The second-order valence-electron chi connectivity index (χ2n) is 5.44. The maximum Gasteiger partial charge on any atom is 0.254 e. The van der Waals surface area contributed by atoms with Crippen LogP contribution in [0.5, 0.6) is 0 Å². The van der Waals surface area contributed by atoms with E-state index in [2.05, 4.69) is 5.32 Å². The first-order chi connectivity index (χ1) is 10.4. The molecule has 0 unspecified atom stereocenters. The van der Waals surface area contributed by atoms with Crippen LogP contribution in [0.15, 0.2) is 18.2 Å². The molecule has 7 heteroatoms. The van der Waals surface area contributed by atoms with Crippen molar-refractivity contribution in [2.75, 3.05) is 26.0 Å². The predicted octanol–water partition coefficient (Wildman–Crippen LogP) is 1.49. The van der Waals surface area contributed by atoms with E-state index in [4.69, 9.17) is 22.1 Å². The second kappa shape index (κ2) is 7.09. The highest BCUT2D eigenvalue weighted by atomic mass is 35.5. The lowest BCUT2D eigenvalue weighted by molar-refractivity contribution is -0.126. The minimum Gasteiger partial charge on any atom is -0.364 e. The summed E-state index contributed by atoms with van der Waals surface area (Å²) in [5, 5.41) is 3.05. The Morgan fingerprint density at radius 2 is 2.14 bits per heavy atom. The third kappa shape index (κ3) is 3.76. The third-order valence-corrected chi connectivity index (χ3v) is 3.85. The van der Waals surface area contributed by atoms with Crippen molar-refractivity contribution in [1.29, 1.82) is 0 Å². The van der Waals surface area contributed by atoms with Gasteiger partial charge in [-0.3, -0.25) is 9.59 Å². The van der Waals surface area contributed by atoms with Crippen molar-refractivity contribution < 1.29 is 14.3 Å². The molecule has 1 saturated heterocycles. The van der Waals surface area contributed by atoms with Crippen LogP contribution in [0.25, 0.3) is 0 Å².